The third kappa shape index (κ3) is 3.32. The van der Waals surface area contributed by atoms with Crippen LogP contribution in [0.2, 0.25) is 0 Å². The first-order valence-electron chi connectivity index (χ1n) is 4.81. The van der Waals surface area contributed by atoms with Crippen molar-refractivity contribution in [2.75, 3.05) is 26.1 Å². The molecule has 0 fully saturated rings. The van der Waals surface area contributed by atoms with E-state index in [0.717, 1.165) is 5.69 Å². The topological polar surface area (TPSA) is 50.7 Å². The van der Waals surface area contributed by atoms with Crippen LogP contribution in [0.3, 0.4) is 0 Å². The van der Waals surface area contributed by atoms with Crippen LogP contribution in [0.4, 0.5) is 5.69 Å². The van der Waals surface area contributed by atoms with Crippen molar-refractivity contribution < 1.29 is 14.6 Å². The molecule has 84 valence electrons. The highest BCUT2D eigenvalue weighted by atomic mass is 16.5. The Balaban J connectivity index is 2.74. The summed E-state index contributed by atoms with van der Waals surface area (Å²) in [5, 5.41) is 12.2. The van der Waals surface area contributed by atoms with Gasteiger partial charge in [0.15, 0.2) is 11.5 Å². The summed E-state index contributed by atoms with van der Waals surface area (Å²) in [7, 11) is 3.19. The van der Waals surface area contributed by atoms with E-state index in [1.54, 1.807) is 21.1 Å². The average Bonchev–Trinajstić information content (AvgIpc) is 2.25. The van der Waals surface area contributed by atoms with E-state index >= 15 is 0 Å². The van der Waals surface area contributed by atoms with Gasteiger partial charge in [-0.3, -0.25) is 0 Å². The summed E-state index contributed by atoms with van der Waals surface area (Å²) in [5.74, 6) is 1.37. The third-order valence-corrected chi connectivity index (χ3v) is 1.99. The molecule has 1 aromatic carbocycles. The van der Waals surface area contributed by atoms with Gasteiger partial charge in [0, 0.05) is 18.3 Å². The molecule has 0 saturated heterocycles. The fourth-order valence-corrected chi connectivity index (χ4v) is 1.21. The van der Waals surface area contributed by atoms with E-state index in [-0.39, 0.29) is 6.10 Å². The number of aliphatic hydroxyl groups excluding tert-OH is 1. The minimum atomic E-state index is -0.377. The molecule has 0 aromatic heterocycles. The molecule has 0 saturated carbocycles. The van der Waals surface area contributed by atoms with Gasteiger partial charge < -0.3 is 19.9 Å². The van der Waals surface area contributed by atoms with E-state index in [1.165, 1.54) is 0 Å². The number of nitrogens with one attached hydrogen (secondary N) is 1. The number of aliphatic hydroxyl groups is 1. The van der Waals surface area contributed by atoms with Crippen LogP contribution < -0.4 is 14.8 Å². The minimum Gasteiger partial charge on any atom is -0.493 e. The maximum absolute atomic E-state index is 9.12. The van der Waals surface area contributed by atoms with E-state index in [1.807, 2.05) is 18.2 Å². The van der Waals surface area contributed by atoms with Crippen LogP contribution in [-0.4, -0.2) is 32.0 Å². The van der Waals surface area contributed by atoms with Crippen molar-refractivity contribution in [2.24, 2.45) is 0 Å². The van der Waals surface area contributed by atoms with Crippen LogP contribution >= 0.6 is 0 Å². The van der Waals surface area contributed by atoms with Crippen molar-refractivity contribution in [2.45, 2.75) is 13.0 Å². The first-order valence-corrected chi connectivity index (χ1v) is 4.81. The smallest absolute Gasteiger partial charge is 0.162 e. The van der Waals surface area contributed by atoms with Gasteiger partial charge in [0.2, 0.25) is 0 Å². The van der Waals surface area contributed by atoms with Crippen molar-refractivity contribution >= 4 is 5.69 Å². The highest BCUT2D eigenvalue weighted by Crippen LogP contribution is 2.29. The van der Waals surface area contributed by atoms with Gasteiger partial charge in [-0.2, -0.15) is 0 Å². The molecule has 15 heavy (non-hydrogen) atoms. The predicted molar refractivity (Wildman–Crippen MR) is 59.7 cm³/mol. The Morgan fingerprint density at radius 3 is 2.47 bits per heavy atom. The largest absolute Gasteiger partial charge is 0.493 e. The van der Waals surface area contributed by atoms with Crippen molar-refractivity contribution in [3.05, 3.63) is 18.2 Å². The zero-order valence-electron chi connectivity index (χ0n) is 9.28. The molecule has 1 atom stereocenters. The zero-order chi connectivity index (χ0) is 11.3. The molecular weight excluding hydrogens is 194 g/mol. The van der Waals surface area contributed by atoms with Gasteiger partial charge in [0.25, 0.3) is 0 Å². The van der Waals surface area contributed by atoms with Crippen LogP contribution in [0.5, 0.6) is 11.5 Å². The van der Waals surface area contributed by atoms with Crippen LogP contribution in [0.25, 0.3) is 0 Å². The molecule has 0 unspecified atom stereocenters. The summed E-state index contributed by atoms with van der Waals surface area (Å²) in [6, 6.07) is 5.54. The maximum Gasteiger partial charge on any atom is 0.162 e. The molecule has 0 heterocycles. The molecule has 0 aliphatic carbocycles. The summed E-state index contributed by atoms with van der Waals surface area (Å²) >= 11 is 0. The van der Waals surface area contributed by atoms with E-state index in [2.05, 4.69) is 5.32 Å². The highest BCUT2D eigenvalue weighted by Gasteiger charge is 2.04. The molecule has 1 aromatic rings. The Kier molecular flexibility index (Phi) is 4.24. The van der Waals surface area contributed by atoms with Crippen molar-refractivity contribution in [3.63, 3.8) is 0 Å². The Bertz CT molecular complexity index is 313. The normalized spacial score (nSPS) is 12.0. The molecule has 0 radical (unpaired) electrons. The lowest BCUT2D eigenvalue weighted by molar-refractivity contribution is 0.208. The lowest BCUT2D eigenvalue weighted by atomic mass is 10.2. The molecule has 2 N–H and O–H groups in total. The van der Waals surface area contributed by atoms with Gasteiger partial charge in [0.1, 0.15) is 0 Å². The number of rotatable bonds is 5. The fourth-order valence-electron chi connectivity index (χ4n) is 1.21. The Morgan fingerprint density at radius 2 is 1.93 bits per heavy atom. The van der Waals surface area contributed by atoms with E-state index in [4.69, 9.17) is 14.6 Å². The summed E-state index contributed by atoms with van der Waals surface area (Å²) < 4.78 is 10.3. The molecule has 0 spiro atoms. The lowest BCUT2D eigenvalue weighted by Crippen LogP contribution is -2.15. The summed E-state index contributed by atoms with van der Waals surface area (Å²) in [5.41, 5.74) is 0.897. The quantitative estimate of drug-likeness (QED) is 0.775. The Morgan fingerprint density at radius 1 is 1.27 bits per heavy atom. The molecule has 4 nitrogen and oxygen atoms in total. The van der Waals surface area contributed by atoms with Gasteiger partial charge in [-0.25, -0.2) is 0 Å². The van der Waals surface area contributed by atoms with Gasteiger partial charge in [-0.1, -0.05) is 0 Å². The van der Waals surface area contributed by atoms with Gasteiger partial charge in [-0.15, -0.1) is 0 Å². The monoisotopic (exact) mass is 211 g/mol. The number of ether oxygens (including phenoxy) is 2. The SMILES string of the molecule is COc1ccc(NC[C@@H](C)O)cc1OC. The lowest BCUT2D eigenvalue weighted by Gasteiger charge is -2.12. The molecule has 0 aliphatic heterocycles. The van der Waals surface area contributed by atoms with E-state index in [9.17, 15) is 0 Å². The van der Waals surface area contributed by atoms with Gasteiger partial charge in [-0.05, 0) is 19.1 Å². The summed E-state index contributed by atoms with van der Waals surface area (Å²) in [4.78, 5) is 0. The Labute approximate surface area is 89.8 Å². The first-order chi connectivity index (χ1) is 7.17. The molecule has 0 amide bonds. The van der Waals surface area contributed by atoms with Crippen LogP contribution in [0.1, 0.15) is 6.92 Å². The predicted octanol–water partition coefficient (Wildman–Crippen LogP) is 1.50. The maximum atomic E-state index is 9.12. The van der Waals surface area contributed by atoms with Crippen LogP contribution in [0.15, 0.2) is 18.2 Å². The molecule has 4 heteroatoms. The number of methoxy groups -OCH3 is 2. The number of benzene rings is 1. The second-order valence-electron chi connectivity index (χ2n) is 3.30. The van der Waals surface area contributed by atoms with Gasteiger partial charge in [0.05, 0.1) is 20.3 Å². The summed E-state index contributed by atoms with van der Waals surface area (Å²) in [6.07, 6.45) is -0.377. The van der Waals surface area contributed by atoms with E-state index < -0.39 is 0 Å². The second kappa shape index (κ2) is 5.46. The standard InChI is InChI=1S/C11H17NO3/c1-8(13)7-12-9-4-5-10(14-2)11(6-9)15-3/h4-6,8,12-13H,7H2,1-3H3/t8-/m1/s1. The fraction of sp³-hybridized carbons (Fsp3) is 0.455. The van der Waals surface area contributed by atoms with Crippen molar-refractivity contribution in [1.82, 2.24) is 0 Å². The highest BCUT2D eigenvalue weighted by molar-refractivity contribution is 5.54. The molecule has 0 aliphatic rings. The molecular formula is C11H17NO3. The Hall–Kier alpha value is -1.42. The second-order valence-corrected chi connectivity index (χ2v) is 3.30. The first kappa shape index (κ1) is 11.7. The number of hydrogen-bond donors (Lipinski definition) is 2. The summed E-state index contributed by atoms with van der Waals surface area (Å²) in [6.45, 7) is 2.24. The van der Waals surface area contributed by atoms with Crippen LogP contribution in [0, 0.1) is 0 Å². The molecule has 1 rings (SSSR count). The number of anilines is 1. The zero-order valence-corrected chi connectivity index (χ0v) is 9.28. The molecule has 0 bridgehead atoms. The van der Waals surface area contributed by atoms with Crippen molar-refractivity contribution in [1.29, 1.82) is 0 Å². The van der Waals surface area contributed by atoms with Gasteiger partial charge >= 0.3 is 0 Å². The van der Waals surface area contributed by atoms with E-state index in [0.29, 0.717) is 18.0 Å². The van der Waals surface area contributed by atoms with Crippen molar-refractivity contribution in [3.8, 4) is 11.5 Å². The van der Waals surface area contributed by atoms with Crippen LogP contribution in [-0.2, 0) is 0 Å². The third-order valence-electron chi connectivity index (χ3n) is 1.99. The minimum absolute atomic E-state index is 0.377. The average molecular weight is 211 g/mol. The number of hydrogen-bond acceptors (Lipinski definition) is 4.